The SMILES string of the molecule is CC.CC(=O)c1cc(C(C)=O)c(O)cc1O. The smallest absolute Gasteiger partial charge is 0.163 e. The number of phenolic OH excluding ortho intramolecular Hbond substituents is 2. The first-order valence-corrected chi connectivity index (χ1v) is 5.01. The quantitative estimate of drug-likeness (QED) is 0.757. The van der Waals surface area contributed by atoms with Crippen LogP contribution >= 0.6 is 0 Å². The van der Waals surface area contributed by atoms with Crippen molar-refractivity contribution in [2.75, 3.05) is 0 Å². The zero-order chi connectivity index (χ0) is 12.9. The van der Waals surface area contributed by atoms with E-state index in [0.29, 0.717) is 0 Å². The van der Waals surface area contributed by atoms with Crippen LogP contribution in [0.5, 0.6) is 11.5 Å². The van der Waals surface area contributed by atoms with Crippen molar-refractivity contribution in [1.29, 1.82) is 0 Å². The fourth-order valence-corrected chi connectivity index (χ4v) is 1.14. The number of hydrogen-bond acceptors (Lipinski definition) is 4. The summed E-state index contributed by atoms with van der Waals surface area (Å²) in [6.07, 6.45) is 0. The van der Waals surface area contributed by atoms with Crippen molar-refractivity contribution >= 4 is 11.6 Å². The van der Waals surface area contributed by atoms with Gasteiger partial charge in [0.05, 0.1) is 11.1 Å². The maximum atomic E-state index is 11.0. The minimum Gasteiger partial charge on any atom is -0.507 e. The van der Waals surface area contributed by atoms with Crippen LogP contribution in [0, 0.1) is 0 Å². The summed E-state index contributed by atoms with van der Waals surface area (Å²) in [7, 11) is 0. The average molecular weight is 224 g/mol. The van der Waals surface area contributed by atoms with E-state index in [1.165, 1.54) is 19.9 Å². The molecule has 0 atom stereocenters. The van der Waals surface area contributed by atoms with Crippen molar-refractivity contribution in [3.05, 3.63) is 23.3 Å². The molecule has 1 aromatic carbocycles. The standard InChI is InChI=1S/C10H10O4.C2H6/c1-5(11)7-3-8(6(2)12)10(14)4-9(7)13;1-2/h3-4,13-14H,1-2H3;1-2H3. The molecule has 0 aliphatic rings. The lowest BCUT2D eigenvalue weighted by Crippen LogP contribution is -1.99. The fraction of sp³-hybridized carbons (Fsp3) is 0.333. The lowest BCUT2D eigenvalue weighted by molar-refractivity contribution is 0.101. The van der Waals surface area contributed by atoms with E-state index in [0.717, 1.165) is 6.07 Å². The zero-order valence-electron chi connectivity index (χ0n) is 9.87. The predicted molar refractivity (Wildman–Crippen MR) is 61.1 cm³/mol. The largest absolute Gasteiger partial charge is 0.507 e. The molecular weight excluding hydrogens is 208 g/mol. The highest BCUT2D eigenvalue weighted by atomic mass is 16.3. The molecule has 0 aliphatic carbocycles. The minimum atomic E-state index is -0.356. The minimum absolute atomic E-state index is 0.0352. The van der Waals surface area contributed by atoms with Gasteiger partial charge in [0, 0.05) is 6.07 Å². The Kier molecular flexibility index (Phi) is 5.22. The van der Waals surface area contributed by atoms with E-state index in [1.54, 1.807) is 0 Å². The number of Topliss-reactive ketones (excluding diaryl/α,β-unsaturated/α-hetero) is 2. The number of phenols is 2. The van der Waals surface area contributed by atoms with Crippen LogP contribution in [0.3, 0.4) is 0 Å². The first-order chi connectivity index (χ1) is 7.43. The number of carbonyl (C=O) groups is 2. The molecule has 0 amide bonds. The van der Waals surface area contributed by atoms with Gasteiger partial charge in [0.15, 0.2) is 11.6 Å². The highest BCUT2D eigenvalue weighted by molar-refractivity contribution is 6.03. The number of carbonyl (C=O) groups excluding carboxylic acids is 2. The maximum Gasteiger partial charge on any atom is 0.163 e. The van der Waals surface area contributed by atoms with Gasteiger partial charge in [0.1, 0.15) is 11.5 Å². The van der Waals surface area contributed by atoms with Crippen LogP contribution in [0.15, 0.2) is 12.1 Å². The van der Waals surface area contributed by atoms with Crippen LogP contribution in [0.1, 0.15) is 48.4 Å². The van der Waals surface area contributed by atoms with Crippen LogP contribution in [0.2, 0.25) is 0 Å². The molecule has 0 spiro atoms. The molecule has 0 aromatic heterocycles. The highest BCUT2D eigenvalue weighted by Gasteiger charge is 2.14. The van der Waals surface area contributed by atoms with E-state index in [1.807, 2.05) is 13.8 Å². The Labute approximate surface area is 94.5 Å². The molecule has 0 saturated carbocycles. The van der Waals surface area contributed by atoms with Gasteiger partial charge in [0.25, 0.3) is 0 Å². The fourth-order valence-electron chi connectivity index (χ4n) is 1.14. The van der Waals surface area contributed by atoms with Crippen molar-refractivity contribution in [3.63, 3.8) is 0 Å². The third-order valence-corrected chi connectivity index (χ3v) is 1.87. The van der Waals surface area contributed by atoms with E-state index >= 15 is 0 Å². The Bertz CT molecular complexity index is 372. The lowest BCUT2D eigenvalue weighted by atomic mass is 10.0. The van der Waals surface area contributed by atoms with Crippen LogP contribution in [-0.4, -0.2) is 21.8 Å². The molecule has 1 rings (SSSR count). The Morgan fingerprint density at radius 1 is 0.875 bits per heavy atom. The number of benzene rings is 1. The second-order valence-corrected chi connectivity index (χ2v) is 3.00. The summed E-state index contributed by atoms with van der Waals surface area (Å²) in [5, 5.41) is 18.6. The molecule has 1 aromatic rings. The number of rotatable bonds is 2. The Balaban J connectivity index is 0.00000106. The second kappa shape index (κ2) is 5.90. The highest BCUT2D eigenvalue weighted by Crippen LogP contribution is 2.27. The molecule has 16 heavy (non-hydrogen) atoms. The van der Waals surface area contributed by atoms with Gasteiger partial charge in [-0.1, -0.05) is 13.8 Å². The van der Waals surface area contributed by atoms with E-state index in [2.05, 4.69) is 0 Å². The van der Waals surface area contributed by atoms with Crippen molar-refractivity contribution in [1.82, 2.24) is 0 Å². The maximum absolute atomic E-state index is 11.0. The first kappa shape index (κ1) is 14.2. The summed E-state index contributed by atoms with van der Waals surface area (Å²) in [5.74, 6) is -1.35. The molecule has 0 aliphatic heterocycles. The number of hydrogen-bond donors (Lipinski definition) is 2. The summed E-state index contributed by atoms with van der Waals surface area (Å²) in [6.45, 7) is 6.55. The molecule has 0 saturated heterocycles. The van der Waals surface area contributed by atoms with Crippen LogP contribution in [0.25, 0.3) is 0 Å². The Hall–Kier alpha value is -1.84. The third kappa shape index (κ3) is 3.08. The number of aromatic hydroxyl groups is 2. The van der Waals surface area contributed by atoms with Crippen LogP contribution in [0.4, 0.5) is 0 Å². The summed E-state index contributed by atoms with van der Waals surface area (Å²) in [5.41, 5.74) is 0.0704. The van der Waals surface area contributed by atoms with Gasteiger partial charge in [-0.05, 0) is 19.9 Å². The van der Waals surface area contributed by atoms with Gasteiger partial charge in [0.2, 0.25) is 0 Å². The normalized spacial score (nSPS) is 9.00. The summed E-state index contributed by atoms with van der Waals surface area (Å²) in [4.78, 5) is 22.0. The molecule has 88 valence electrons. The second-order valence-electron chi connectivity index (χ2n) is 3.00. The molecule has 0 fully saturated rings. The van der Waals surface area contributed by atoms with Gasteiger partial charge in [-0.25, -0.2) is 0 Å². The van der Waals surface area contributed by atoms with Crippen LogP contribution in [-0.2, 0) is 0 Å². The predicted octanol–water partition coefficient (Wildman–Crippen LogP) is 2.53. The van der Waals surface area contributed by atoms with E-state index in [9.17, 15) is 19.8 Å². The molecule has 2 N–H and O–H groups in total. The van der Waals surface area contributed by atoms with Gasteiger partial charge in [-0.3, -0.25) is 9.59 Å². The molecule has 0 heterocycles. The van der Waals surface area contributed by atoms with E-state index in [4.69, 9.17) is 0 Å². The van der Waals surface area contributed by atoms with Crippen molar-refractivity contribution in [2.24, 2.45) is 0 Å². The average Bonchev–Trinajstić information content (AvgIpc) is 2.19. The molecule has 0 radical (unpaired) electrons. The topological polar surface area (TPSA) is 74.6 Å². The van der Waals surface area contributed by atoms with Gasteiger partial charge in [-0.15, -0.1) is 0 Å². The molecule has 4 nitrogen and oxygen atoms in total. The van der Waals surface area contributed by atoms with Gasteiger partial charge >= 0.3 is 0 Å². The van der Waals surface area contributed by atoms with Gasteiger partial charge < -0.3 is 10.2 Å². The van der Waals surface area contributed by atoms with Crippen molar-refractivity contribution in [2.45, 2.75) is 27.7 Å². The molecule has 0 unspecified atom stereocenters. The first-order valence-electron chi connectivity index (χ1n) is 5.01. The lowest BCUT2D eigenvalue weighted by Gasteiger charge is -2.05. The monoisotopic (exact) mass is 224 g/mol. The van der Waals surface area contributed by atoms with E-state index < -0.39 is 0 Å². The molecular formula is C12H16O4. The van der Waals surface area contributed by atoms with Crippen LogP contribution < -0.4 is 0 Å². The summed E-state index contributed by atoms with van der Waals surface area (Å²) < 4.78 is 0. The Morgan fingerprint density at radius 2 is 1.19 bits per heavy atom. The molecule has 4 heteroatoms. The zero-order valence-corrected chi connectivity index (χ0v) is 9.87. The summed E-state index contributed by atoms with van der Waals surface area (Å²) >= 11 is 0. The van der Waals surface area contributed by atoms with Crippen molar-refractivity contribution < 1.29 is 19.8 Å². The summed E-state index contributed by atoms with van der Waals surface area (Å²) in [6, 6.07) is 2.18. The Morgan fingerprint density at radius 3 is 1.44 bits per heavy atom. The van der Waals surface area contributed by atoms with E-state index in [-0.39, 0.29) is 34.2 Å². The number of ketones is 2. The van der Waals surface area contributed by atoms with Gasteiger partial charge in [-0.2, -0.15) is 0 Å². The van der Waals surface area contributed by atoms with Crippen molar-refractivity contribution in [3.8, 4) is 11.5 Å². The molecule has 0 bridgehead atoms. The third-order valence-electron chi connectivity index (χ3n) is 1.87.